The van der Waals surface area contributed by atoms with Crippen LogP contribution < -0.4 is 5.73 Å². The van der Waals surface area contributed by atoms with Crippen molar-refractivity contribution in [3.63, 3.8) is 0 Å². The molecular weight excluding hydrogens is 202 g/mol. The monoisotopic (exact) mass is 229 g/mol. The van der Waals surface area contributed by atoms with E-state index in [1.807, 2.05) is 0 Å². The second-order valence-electron chi connectivity index (χ2n) is 5.15. The molecular formula is C13H27NO2. The standard InChI is InChI=1S/C13H27NO2/c1-11(2)7-8-15-9-10-16-13-6-4-3-5-12(13)14/h11-13H,3-10,14H2,1-2H3. The van der Waals surface area contributed by atoms with Gasteiger partial charge in [-0.05, 0) is 25.2 Å². The minimum atomic E-state index is 0.240. The molecule has 0 bridgehead atoms. The molecule has 2 N–H and O–H groups in total. The van der Waals surface area contributed by atoms with Crippen molar-refractivity contribution < 1.29 is 9.47 Å². The third-order valence-corrected chi connectivity index (χ3v) is 3.15. The molecule has 2 atom stereocenters. The van der Waals surface area contributed by atoms with Gasteiger partial charge in [-0.3, -0.25) is 0 Å². The van der Waals surface area contributed by atoms with Crippen LogP contribution in [-0.2, 0) is 9.47 Å². The third kappa shape index (κ3) is 5.83. The Morgan fingerprint density at radius 1 is 1.12 bits per heavy atom. The fraction of sp³-hybridized carbons (Fsp3) is 1.00. The highest BCUT2D eigenvalue weighted by atomic mass is 16.5. The number of ether oxygens (including phenoxy) is 2. The molecule has 3 nitrogen and oxygen atoms in total. The first-order valence-electron chi connectivity index (χ1n) is 6.65. The average Bonchev–Trinajstić information content (AvgIpc) is 2.25. The molecule has 1 aliphatic carbocycles. The van der Waals surface area contributed by atoms with E-state index in [0.717, 1.165) is 25.9 Å². The normalized spacial score (nSPS) is 26.2. The van der Waals surface area contributed by atoms with E-state index in [1.54, 1.807) is 0 Å². The average molecular weight is 229 g/mol. The topological polar surface area (TPSA) is 44.5 Å². The Kier molecular flexibility index (Phi) is 7.01. The second kappa shape index (κ2) is 8.04. The maximum atomic E-state index is 5.99. The van der Waals surface area contributed by atoms with Crippen LogP contribution in [0, 0.1) is 5.92 Å². The molecule has 3 heteroatoms. The van der Waals surface area contributed by atoms with Crippen LogP contribution in [-0.4, -0.2) is 32.0 Å². The molecule has 16 heavy (non-hydrogen) atoms. The summed E-state index contributed by atoms with van der Waals surface area (Å²) in [4.78, 5) is 0. The van der Waals surface area contributed by atoms with Gasteiger partial charge >= 0.3 is 0 Å². The van der Waals surface area contributed by atoms with E-state index in [1.165, 1.54) is 12.8 Å². The fourth-order valence-electron chi connectivity index (χ4n) is 2.01. The summed E-state index contributed by atoms with van der Waals surface area (Å²) in [5.74, 6) is 0.715. The minimum Gasteiger partial charge on any atom is -0.379 e. The number of nitrogens with two attached hydrogens (primary N) is 1. The van der Waals surface area contributed by atoms with E-state index in [0.29, 0.717) is 19.1 Å². The molecule has 1 fully saturated rings. The first kappa shape index (κ1) is 13.9. The van der Waals surface area contributed by atoms with Gasteiger partial charge in [0.15, 0.2) is 0 Å². The molecule has 0 aromatic heterocycles. The van der Waals surface area contributed by atoms with Crippen LogP contribution >= 0.6 is 0 Å². The predicted molar refractivity (Wildman–Crippen MR) is 66.5 cm³/mol. The van der Waals surface area contributed by atoms with Crippen molar-refractivity contribution in [2.75, 3.05) is 19.8 Å². The Labute approximate surface area is 99.7 Å². The first-order chi connectivity index (χ1) is 7.70. The van der Waals surface area contributed by atoms with Crippen LogP contribution in [0.1, 0.15) is 46.0 Å². The Balaban J connectivity index is 1.94. The molecule has 0 aliphatic heterocycles. The van der Waals surface area contributed by atoms with E-state index < -0.39 is 0 Å². The quantitative estimate of drug-likeness (QED) is 0.681. The molecule has 0 radical (unpaired) electrons. The van der Waals surface area contributed by atoms with Gasteiger partial charge in [0.25, 0.3) is 0 Å². The molecule has 0 heterocycles. The van der Waals surface area contributed by atoms with E-state index in [9.17, 15) is 0 Å². The summed E-state index contributed by atoms with van der Waals surface area (Å²) in [6.07, 6.45) is 6.13. The molecule has 0 spiro atoms. The highest BCUT2D eigenvalue weighted by Gasteiger charge is 2.21. The Morgan fingerprint density at radius 2 is 1.88 bits per heavy atom. The van der Waals surface area contributed by atoms with Crippen molar-refractivity contribution in [2.45, 2.75) is 58.1 Å². The van der Waals surface area contributed by atoms with E-state index in [4.69, 9.17) is 15.2 Å². The summed E-state index contributed by atoms with van der Waals surface area (Å²) in [5.41, 5.74) is 5.99. The van der Waals surface area contributed by atoms with Gasteiger partial charge in [-0.2, -0.15) is 0 Å². The van der Waals surface area contributed by atoms with E-state index >= 15 is 0 Å². The van der Waals surface area contributed by atoms with Crippen molar-refractivity contribution >= 4 is 0 Å². The predicted octanol–water partition coefficient (Wildman–Crippen LogP) is 2.34. The zero-order valence-electron chi connectivity index (χ0n) is 10.8. The lowest BCUT2D eigenvalue weighted by Gasteiger charge is -2.28. The van der Waals surface area contributed by atoms with Gasteiger partial charge in [-0.1, -0.05) is 26.7 Å². The van der Waals surface area contributed by atoms with Crippen LogP contribution in [0.4, 0.5) is 0 Å². The van der Waals surface area contributed by atoms with Crippen LogP contribution in [0.5, 0.6) is 0 Å². The summed E-state index contributed by atoms with van der Waals surface area (Å²) < 4.78 is 11.3. The lowest BCUT2D eigenvalue weighted by Crippen LogP contribution is -2.39. The van der Waals surface area contributed by atoms with Gasteiger partial charge in [0, 0.05) is 12.6 Å². The molecule has 0 amide bonds. The maximum absolute atomic E-state index is 5.99. The van der Waals surface area contributed by atoms with Crippen molar-refractivity contribution in [3.8, 4) is 0 Å². The molecule has 1 rings (SSSR count). The largest absolute Gasteiger partial charge is 0.379 e. The van der Waals surface area contributed by atoms with Gasteiger partial charge in [0.2, 0.25) is 0 Å². The molecule has 96 valence electrons. The number of hydrogen-bond acceptors (Lipinski definition) is 3. The zero-order chi connectivity index (χ0) is 11.8. The Hall–Kier alpha value is -0.120. The summed E-state index contributed by atoms with van der Waals surface area (Å²) >= 11 is 0. The van der Waals surface area contributed by atoms with Gasteiger partial charge in [-0.15, -0.1) is 0 Å². The Morgan fingerprint density at radius 3 is 2.56 bits per heavy atom. The smallest absolute Gasteiger partial charge is 0.0727 e. The lowest BCUT2D eigenvalue weighted by atomic mass is 9.93. The van der Waals surface area contributed by atoms with Crippen molar-refractivity contribution in [1.82, 2.24) is 0 Å². The van der Waals surface area contributed by atoms with Crippen molar-refractivity contribution in [1.29, 1.82) is 0 Å². The SMILES string of the molecule is CC(C)CCOCCOC1CCCCC1N. The molecule has 0 saturated heterocycles. The summed E-state index contributed by atoms with van der Waals surface area (Å²) in [5, 5.41) is 0. The zero-order valence-corrected chi connectivity index (χ0v) is 10.8. The molecule has 1 aliphatic rings. The molecule has 0 aromatic carbocycles. The Bertz CT molecular complexity index is 173. The van der Waals surface area contributed by atoms with Gasteiger partial charge in [0.05, 0.1) is 19.3 Å². The fourth-order valence-corrected chi connectivity index (χ4v) is 2.01. The van der Waals surface area contributed by atoms with Gasteiger partial charge < -0.3 is 15.2 Å². The van der Waals surface area contributed by atoms with E-state index in [-0.39, 0.29) is 12.1 Å². The minimum absolute atomic E-state index is 0.240. The number of hydrogen-bond donors (Lipinski definition) is 1. The number of rotatable bonds is 7. The molecule has 0 aromatic rings. The van der Waals surface area contributed by atoms with Crippen molar-refractivity contribution in [2.24, 2.45) is 11.7 Å². The van der Waals surface area contributed by atoms with E-state index in [2.05, 4.69) is 13.8 Å². The highest BCUT2D eigenvalue weighted by Crippen LogP contribution is 2.19. The van der Waals surface area contributed by atoms with Gasteiger partial charge in [0.1, 0.15) is 0 Å². The van der Waals surface area contributed by atoms with Crippen molar-refractivity contribution in [3.05, 3.63) is 0 Å². The summed E-state index contributed by atoms with van der Waals surface area (Å²) in [6.45, 7) is 6.66. The van der Waals surface area contributed by atoms with Gasteiger partial charge in [-0.25, -0.2) is 0 Å². The molecule has 2 unspecified atom stereocenters. The summed E-state index contributed by atoms with van der Waals surface area (Å²) in [7, 11) is 0. The molecule has 1 saturated carbocycles. The highest BCUT2D eigenvalue weighted by molar-refractivity contribution is 4.78. The maximum Gasteiger partial charge on any atom is 0.0727 e. The first-order valence-corrected chi connectivity index (χ1v) is 6.65. The van der Waals surface area contributed by atoms with Crippen LogP contribution in [0.25, 0.3) is 0 Å². The third-order valence-electron chi connectivity index (χ3n) is 3.15. The lowest BCUT2D eigenvalue weighted by molar-refractivity contribution is -0.0200. The summed E-state index contributed by atoms with van der Waals surface area (Å²) in [6, 6.07) is 0.240. The second-order valence-corrected chi connectivity index (χ2v) is 5.15. The van der Waals surface area contributed by atoms with Crippen LogP contribution in [0.2, 0.25) is 0 Å². The van der Waals surface area contributed by atoms with Crippen LogP contribution in [0.15, 0.2) is 0 Å². The van der Waals surface area contributed by atoms with Crippen LogP contribution in [0.3, 0.4) is 0 Å².